The van der Waals surface area contributed by atoms with E-state index in [0.717, 1.165) is 11.4 Å². The van der Waals surface area contributed by atoms with Crippen LogP contribution < -0.4 is 0 Å². The van der Waals surface area contributed by atoms with E-state index >= 15 is 0 Å². The average molecular weight is 726 g/mol. The van der Waals surface area contributed by atoms with Gasteiger partial charge < -0.3 is 13.7 Å². The molecule has 3 nitrogen and oxygen atoms in total. The minimum Gasteiger partial charge on any atom is -0.309 e. The van der Waals surface area contributed by atoms with Gasteiger partial charge in [0.25, 0.3) is 0 Å². The van der Waals surface area contributed by atoms with Crippen LogP contribution in [0.5, 0.6) is 0 Å². The van der Waals surface area contributed by atoms with Gasteiger partial charge in [0.2, 0.25) is 0 Å². The number of rotatable bonds is 5. The Morgan fingerprint density at radius 3 is 1.33 bits per heavy atom. The molecule has 9 aromatic carbocycles. The van der Waals surface area contributed by atoms with Crippen molar-refractivity contribution in [1.82, 2.24) is 13.7 Å². The van der Waals surface area contributed by atoms with Crippen molar-refractivity contribution in [2.45, 2.75) is 0 Å². The van der Waals surface area contributed by atoms with Gasteiger partial charge >= 0.3 is 0 Å². The molecule has 266 valence electrons. The highest BCUT2D eigenvalue weighted by atomic mass is 15.0. The standard InChI is InChI=1S/C54H35N3/c1-2-14-36(15-3-1)37-28-30-38(31-29-37)39-16-12-17-40(34-39)56-50-25-11-7-21-46(50)54-51(56)26-13-27-52(54)57-49-24-10-6-20-44(49)45-33-32-41(35-53(45)57)55-47-22-8-4-18-42(47)43-19-5-9-23-48(43)55/h1-35H. The van der Waals surface area contributed by atoms with E-state index in [0.29, 0.717) is 0 Å². The molecule has 57 heavy (non-hydrogen) atoms. The van der Waals surface area contributed by atoms with Crippen LogP contribution in [0.25, 0.3) is 105 Å². The summed E-state index contributed by atoms with van der Waals surface area (Å²) in [4.78, 5) is 0. The molecule has 0 amide bonds. The molecular weight excluding hydrogens is 691 g/mol. The van der Waals surface area contributed by atoms with Crippen molar-refractivity contribution in [2.75, 3.05) is 0 Å². The lowest BCUT2D eigenvalue weighted by Gasteiger charge is -2.13. The van der Waals surface area contributed by atoms with Crippen LogP contribution in [0.15, 0.2) is 212 Å². The van der Waals surface area contributed by atoms with E-state index in [2.05, 4.69) is 226 Å². The maximum Gasteiger partial charge on any atom is 0.0562 e. The van der Waals surface area contributed by atoms with E-state index in [1.807, 2.05) is 0 Å². The number of benzene rings is 9. The molecule has 3 aromatic heterocycles. The molecule has 12 rings (SSSR count). The molecule has 0 aliphatic heterocycles. The molecular formula is C54H35N3. The largest absolute Gasteiger partial charge is 0.309 e. The molecule has 0 atom stereocenters. The summed E-state index contributed by atoms with van der Waals surface area (Å²) in [5, 5.41) is 7.47. The van der Waals surface area contributed by atoms with Crippen LogP contribution in [0, 0.1) is 0 Å². The first kappa shape index (κ1) is 31.7. The zero-order valence-electron chi connectivity index (χ0n) is 31.0. The maximum atomic E-state index is 2.49. The summed E-state index contributed by atoms with van der Waals surface area (Å²) in [7, 11) is 0. The first-order valence-electron chi connectivity index (χ1n) is 19.6. The topological polar surface area (TPSA) is 14.8 Å². The second kappa shape index (κ2) is 12.5. The predicted molar refractivity (Wildman–Crippen MR) is 240 cm³/mol. The quantitative estimate of drug-likeness (QED) is 0.168. The molecule has 0 bridgehead atoms. The lowest BCUT2D eigenvalue weighted by atomic mass is 10.00. The second-order valence-electron chi connectivity index (χ2n) is 14.9. The van der Waals surface area contributed by atoms with Crippen molar-refractivity contribution in [3.05, 3.63) is 212 Å². The lowest BCUT2D eigenvalue weighted by Crippen LogP contribution is -1.98. The first-order valence-corrected chi connectivity index (χ1v) is 19.6. The molecule has 0 radical (unpaired) electrons. The Hall–Kier alpha value is -7.62. The van der Waals surface area contributed by atoms with Crippen LogP contribution in [-0.4, -0.2) is 13.7 Å². The van der Waals surface area contributed by atoms with Crippen molar-refractivity contribution in [1.29, 1.82) is 0 Å². The van der Waals surface area contributed by atoms with E-state index in [9.17, 15) is 0 Å². The smallest absolute Gasteiger partial charge is 0.0562 e. The van der Waals surface area contributed by atoms with Crippen LogP contribution >= 0.6 is 0 Å². The Kier molecular flexibility index (Phi) is 6.93. The van der Waals surface area contributed by atoms with Crippen LogP contribution in [0.2, 0.25) is 0 Å². The van der Waals surface area contributed by atoms with Crippen LogP contribution in [0.3, 0.4) is 0 Å². The van der Waals surface area contributed by atoms with Gasteiger partial charge in [-0.15, -0.1) is 0 Å². The molecule has 0 fully saturated rings. The maximum absolute atomic E-state index is 2.49. The van der Waals surface area contributed by atoms with Crippen LogP contribution in [0.1, 0.15) is 0 Å². The van der Waals surface area contributed by atoms with Gasteiger partial charge in [-0.25, -0.2) is 0 Å². The van der Waals surface area contributed by atoms with Crippen LogP contribution in [0.4, 0.5) is 0 Å². The van der Waals surface area contributed by atoms with E-state index in [1.54, 1.807) is 0 Å². The normalized spacial score (nSPS) is 11.9. The minimum absolute atomic E-state index is 1.14. The van der Waals surface area contributed by atoms with Crippen molar-refractivity contribution in [2.24, 2.45) is 0 Å². The molecule has 0 aliphatic carbocycles. The predicted octanol–water partition coefficient (Wildman–Crippen LogP) is 14.3. The van der Waals surface area contributed by atoms with Gasteiger partial charge in [0.15, 0.2) is 0 Å². The third kappa shape index (κ3) is 4.79. The number of fused-ring (bicyclic) bond motifs is 9. The average Bonchev–Trinajstić information content (AvgIpc) is 3.92. The molecule has 3 heteroatoms. The summed E-state index contributed by atoms with van der Waals surface area (Å²) < 4.78 is 7.35. The Bertz CT molecular complexity index is 3450. The molecule has 0 N–H and O–H groups in total. The number of hydrogen-bond acceptors (Lipinski definition) is 0. The van der Waals surface area contributed by atoms with Crippen LogP contribution in [-0.2, 0) is 0 Å². The summed E-state index contributed by atoms with van der Waals surface area (Å²) in [5.74, 6) is 0. The highest BCUT2D eigenvalue weighted by molar-refractivity contribution is 6.17. The Labute approximate surface area is 329 Å². The van der Waals surface area contributed by atoms with Gasteiger partial charge in [-0.05, 0) is 82.9 Å². The fraction of sp³-hybridized carbons (Fsp3) is 0. The fourth-order valence-corrected chi connectivity index (χ4v) is 9.33. The zero-order valence-corrected chi connectivity index (χ0v) is 31.0. The van der Waals surface area contributed by atoms with Gasteiger partial charge in [-0.1, -0.05) is 152 Å². The molecule has 0 spiro atoms. The van der Waals surface area contributed by atoms with E-state index in [-0.39, 0.29) is 0 Å². The molecule has 12 aromatic rings. The number of aromatic nitrogens is 3. The molecule has 0 saturated carbocycles. The van der Waals surface area contributed by atoms with Gasteiger partial charge in [0.05, 0.1) is 38.8 Å². The second-order valence-corrected chi connectivity index (χ2v) is 14.9. The SMILES string of the molecule is c1ccc(-c2ccc(-c3cccc(-n4c5ccccc5c5c(-n6c7ccccc7c7ccc(-n8c9ccccc9c9ccccc98)cc76)cccc54)c3)cc2)cc1. The van der Waals surface area contributed by atoms with Gasteiger partial charge in [-0.2, -0.15) is 0 Å². The zero-order chi connectivity index (χ0) is 37.5. The summed E-state index contributed by atoms with van der Waals surface area (Å²) >= 11 is 0. The number of para-hydroxylation sites is 4. The number of hydrogen-bond donors (Lipinski definition) is 0. The fourth-order valence-electron chi connectivity index (χ4n) is 9.33. The van der Waals surface area contributed by atoms with Crippen molar-refractivity contribution in [3.8, 4) is 39.3 Å². The highest BCUT2D eigenvalue weighted by Crippen LogP contribution is 2.41. The monoisotopic (exact) mass is 725 g/mol. The van der Waals surface area contributed by atoms with Crippen molar-refractivity contribution < 1.29 is 0 Å². The highest BCUT2D eigenvalue weighted by Gasteiger charge is 2.21. The first-order chi connectivity index (χ1) is 28.3. The van der Waals surface area contributed by atoms with E-state index in [4.69, 9.17) is 0 Å². The van der Waals surface area contributed by atoms with Gasteiger partial charge in [0.1, 0.15) is 0 Å². The molecule has 0 unspecified atom stereocenters. The van der Waals surface area contributed by atoms with Gasteiger partial charge in [-0.3, -0.25) is 0 Å². The van der Waals surface area contributed by atoms with Gasteiger partial charge in [0, 0.05) is 43.7 Å². The van der Waals surface area contributed by atoms with Crippen molar-refractivity contribution in [3.63, 3.8) is 0 Å². The Balaban J connectivity index is 1.08. The summed E-state index contributed by atoms with van der Waals surface area (Å²) in [6, 6.07) is 77.4. The molecule has 0 aliphatic rings. The minimum atomic E-state index is 1.14. The summed E-state index contributed by atoms with van der Waals surface area (Å²) in [6.07, 6.45) is 0. The Morgan fingerprint density at radius 1 is 0.228 bits per heavy atom. The third-order valence-corrected chi connectivity index (χ3v) is 11.8. The molecule has 3 heterocycles. The summed E-state index contributed by atoms with van der Waals surface area (Å²) in [6.45, 7) is 0. The Morgan fingerprint density at radius 2 is 0.667 bits per heavy atom. The molecule has 0 saturated heterocycles. The third-order valence-electron chi connectivity index (χ3n) is 11.8. The van der Waals surface area contributed by atoms with E-state index < -0.39 is 0 Å². The number of nitrogens with zero attached hydrogens (tertiary/aromatic N) is 3. The van der Waals surface area contributed by atoms with Crippen molar-refractivity contribution >= 4 is 65.4 Å². The lowest BCUT2D eigenvalue weighted by molar-refractivity contribution is 1.16. The summed E-state index contributed by atoms with van der Waals surface area (Å²) in [5.41, 5.74) is 15.4. The van der Waals surface area contributed by atoms with E-state index in [1.165, 1.54) is 93.4 Å².